The smallest absolute Gasteiger partial charge is 0.160 e. The molecule has 4 rings (SSSR count). The van der Waals surface area contributed by atoms with Gasteiger partial charge >= 0.3 is 0 Å². The van der Waals surface area contributed by atoms with Gasteiger partial charge in [0.2, 0.25) is 0 Å². The number of aromatic nitrogens is 4. The van der Waals surface area contributed by atoms with E-state index in [1.807, 2.05) is 36.5 Å². The zero-order valence-electron chi connectivity index (χ0n) is 11.4. The van der Waals surface area contributed by atoms with Crippen LogP contribution in [-0.2, 0) is 0 Å². The van der Waals surface area contributed by atoms with E-state index in [-0.39, 0.29) is 0 Å². The molecule has 4 aromatic rings. The average Bonchev–Trinajstić information content (AvgIpc) is 2.92. The minimum absolute atomic E-state index is 0.672. The third-order valence-electron chi connectivity index (χ3n) is 3.46. The fourth-order valence-corrected chi connectivity index (χ4v) is 2.42. The second-order valence-corrected chi connectivity index (χ2v) is 4.73. The van der Waals surface area contributed by atoms with E-state index in [1.54, 1.807) is 19.5 Å². The molecule has 0 aliphatic heterocycles. The Morgan fingerprint density at radius 3 is 2.95 bits per heavy atom. The molecule has 0 bridgehead atoms. The Morgan fingerprint density at radius 1 is 1.10 bits per heavy atom. The van der Waals surface area contributed by atoms with Gasteiger partial charge in [0.15, 0.2) is 5.82 Å². The fourth-order valence-electron chi connectivity index (χ4n) is 2.42. The number of nitrogens with zero attached hydrogens (tertiary/aromatic N) is 3. The lowest BCUT2D eigenvalue weighted by atomic mass is 10.2. The van der Waals surface area contributed by atoms with Gasteiger partial charge in [-0.05, 0) is 18.2 Å². The quantitative estimate of drug-likeness (QED) is 0.610. The van der Waals surface area contributed by atoms with Crippen molar-refractivity contribution in [1.29, 1.82) is 0 Å². The van der Waals surface area contributed by atoms with Gasteiger partial charge in [-0.25, -0.2) is 9.97 Å². The Labute approximate surface area is 120 Å². The Kier molecular flexibility index (Phi) is 2.57. The molecule has 1 aromatic carbocycles. The maximum absolute atomic E-state index is 5.25. The van der Waals surface area contributed by atoms with Crippen LogP contribution in [0.4, 0.5) is 0 Å². The minimum Gasteiger partial charge on any atom is -0.497 e. The summed E-state index contributed by atoms with van der Waals surface area (Å²) in [7, 11) is 1.65. The number of ether oxygens (including phenoxy) is 1. The number of fused-ring (bicyclic) bond motifs is 3. The van der Waals surface area contributed by atoms with Crippen LogP contribution in [0, 0.1) is 0 Å². The van der Waals surface area contributed by atoms with E-state index in [4.69, 9.17) is 4.74 Å². The largest absolute Gasteiger partial charge is 0.497 e. The Hall–Kier alpha value is -2.95. The van der Waals surface area contributed by atoms with Crippen LogP contribution in [0.2, 0.25) is 0 Å². The number of methoxy groups -OCH3 is 1. The summed E-state index contributed by atoms with van der Waals surface area (Å²) in [6.45, 7) is 0. The zero-order chi connectivity index (χ0) is 14.2. The van der Waals surface area contributed by atoms with Crippen LogP contribution < -0.4 is 4.74 Å². The van der Waals surface area contributed by atoms with Gasteiger partial charge in [-0.3, -0.25) is 4.98 Å². The number of hydrogen-bond acceptors (Lipinski definition) is 4. The number of pyridine rings is 1. The molecule has 21 heavy (non-hydrogen) atoms. The van der Waals surface area contributed by atoms with Crippen molar-refractivity contribution < 1.29 is 4.74 Å². The summed E-state index contributed by atoms with van der Waals surface area (Å²) in [6.07, 6.45) is 5.38. The Balaban J connectivity index is 1.95. The molecule has 0 unspecified atom stereocenters. The van der Waals surface area contributed by atoms with E-state index in [0.717, 1.165) is 33.2 Å². The van der Waals surface area contributed by atoms with Gasteiger partial charge in [0, 0.05) is 23.3 Å². The SMILES string of the molecule is COc1cccc(-c2ncc3[nH]c4ccncc4c3n2)c1. The number of benzene rings is 1. The molecule has 0 saturated heterocycles. The monoisotopic (exact) mass is 276 g/mol. The van der Waals surface area contributed by atoms with Crippen molar-refractivity contribution in [3.05, 3.63) is 48.9 Å². The number of H-pyrrole nitrogens is 1. The van der Waals surface area contributed by atoms with Gasteiger partial charge in [-0.1, -0.05) is 12.1 Å². The second-order valence-electron chi connectivity index (χ2n) is 4.73. The highest BCUT2D eigenvalue weighted by Gasteiger charge is 2.09. The summed E-state index contributed by atoms with van der Waals surface area (Å²) in [5, 5.41) is 0.999. The second kappa shape index (κ2) is 4.56. The molecule has 0 spiro atoms. The number of nitrogens with one attached hydrogen (secondary N) is 1. The topological polar surface area (TPSA) is 63.7 Å². The molecule has 102 valence electrons. The van der Waals surface area contributed by atoms with E-state index < -0.39 is 0 Å². The van der Waals surface area contributed by atoms with E-state index >= 15 is 0 Å². The molecule has 0 saturated carbocycles. The number of rotatable bonds is 2. The highest BCUT2D eigenvalue weighted by Crippen LogP contribution is 2.26. The molecule has 3 heterocycles. The van der Waals surface area contributed by atoms with Crippen LogP contribution in [-0.4, -0.2) is 27.0 Å². The van der Waals surface area contributed by atoms with Crippen LogP contribution in [0.15, 0.2) is 48.9 Å². The first-order valence-corrected chi connectivity index (χ1v) is 6.58. The molecule has 5 nitrogen and oxygen atoms in total. The number of aromatic amines is 1. The average molecular weight is 276 g/mol. The van der Waals surface area contributed by atoms with Crippen LogP contribution in [0.5, 0.6) is 5.75 Å². The predicted molar refractivity (Wildman–Crippen MR) is 81.2 cm³/mol. The van der Waals surface area contributed by atoms with Crippen molar-refractivity contribution in [2.75, 3.05) is 7.11 Å². The standard InChI is InChI=1S/C16H12N4O/c1-21-11-4-2-3-10(7-11)16-18-9-14-15(20-16)12-8-17-6-5-13(12)19-14/h2-9,19H,1H3. The molecule has 0 atom stereocenters. The first-order chi connectivity index (χ1) is 10.3. The summed E-state index contributed by atoms with van der Waals surface area (Å²) in [4.78, 5) is 16.6. The molecule has 0 fully saturated rings. The molecule has 5 heteroatoms. The normalized spacial score (nSPS) is 11.1. The fraction of sp³-hybridized carbons (Fsp3) is 0.0625. The molecular formula is C16H12N4O. The summed E-state index contributed by atoms with van der Waals surface area (Å²) < 4.78 is 5.25. The van der Waals surface area contributed by atoms with Gasteiger partial charge in [0.05, 0.1) is 24.3 Å². The minimum atomic E-state index is 0.672. The highest BCUT2D eigenvalue weighted by molar-refractivity contribution is 6.04. The first-order valence-electron chi connectivity index (χ1n) is 6.58. The van der Waals surface area contributed by atoms with Crippen molar-refractivity contribution >= 4 is 21.9 Å². The molecule has 0 radical (unpaired) electrons. The summed E-state index contributed by atoms with van der Waals surface area (Å²) in [6, 6.07) is 9.66. The maximum atomic E-state index is 5.25. The zero-order valence-corrected chi connectivity index (χ0v) is 11.4. The third-order valence-corrected chi connectivity index (χ3v) is 3.46. The molecule has 0 amide bonds. The highest BCUT2D eigenvalue weighted by atomic mass is 16.5. The molecule has 1 N–H and O–H groups in total. The van der Waals surface area contributed by atoms with E-state index in [2.05, 4.69) is 19.9 Å². The van der Waals surface area contributed by atoms with Crippen molar-refractivity contribution in [1.82, 2.24) is 19.9 Å². The summed E-state index contributed by atoms with van der Waals surface area (Å²) in [5.41, 5.74) is 3.72. The van der Waals surface area contributed by atoms with Gasteiger partial charge < -0.3 is 9.72 Å². The molecular weight excluding hydrogens is 264 g/mol. The van der Waals surface area contributed by atoms with E-state index in [1.165, 1.54) is 0 Å². The summed E-state index contributed by atoms with van der Waals surface area (Å²) in [5.74, 6) is 1.46. The Morgan fingerprint density at radius 2 is 2.05 bits per heavy atom. The van der Waals surface area contributed by atoms with Crippen molar-refractivity contribution in [3.8, 4) is 17.1 Å². The van der Waals surface area contributed by atoms with Gasteiger partial charge in [0.1, 0.15) is 11.3 Å². The first kappa shape index (κ1) is 11.8. The van der Waals surface area contributed by atoms with Crippen LogP contribution in [0.3, 0.4) is 0 Å². The van der Waals surface area contributed by atoms with Crippen molar-refractivity contribution in [3.63, 3.8) is 0 Å². The van der Waals surface area contributed by atoms with Gasteiger partial charge in [-0.2, -0.15) is 0 Å². The number of hydrogen-bond donors (Lipinski definition) is 1. The van der Waals surface area contributed by atoms with Crippen LogP contribution in [0.1, 0.15) is 0 Å². The lowest BCUT2D eigenvalue weighted by Gasteiger charge is -2.03. The van der Waals surface area contributed by atoms with Gasteiger partial charge in [-0.15, -0.1) is 0 Å². The summed E-state index contributed by atoms with van der Waals surface area (Å²) >= 11 is 0. The van der Waals surface area contributed by atoms with Crippen LogP contribution >= 0.6 is 0 Å². The predicted octanol–water partition coefficient (Wildman–Crippen LogP) is 3.18. The van der Waals surface area contributed by atoms with Crippen LogP contribution in [0.25, 0.3) is 33.3 Å². The molecule has 0 aliphatic rings. The maximum Gasteiger partial charge on any atom is 0.160 e. The lowest BCUT2D eigenvalue weighted by molar-refractivity contribution is 0.415. The van der Waals surface area contributed by atoms with Crippen molar-refractivity contribution in [2.24, 2.45) is 0 Å². The Bertz CT molecular complexity index is 945. The molecule has 0 aliphatic carbocycles. The van der Waals surface area contributed by atoms with E-state index in [0.29, 0.717) is 5.82 Å². The third kappa shape index (κ3) is 1.90. The van der Waals surface area contributed by atoms with Gasteiger partial charge in [0.25, 0.3) is 0 Å². The van der Waals surface area contributed by atoms with E-state index in [9.17, 15) is 0 Å². The molecule has 3 aromatic heterocycles. The lowest BCUT2D eigenvalue weighted by Crippen LogP contribution is -1.90. The van der Waals surface area contributed by atoms with Crippen molar-refractivity contribution in [2.45, 2.75) is 0 Å².